The average molecular weight is 400 g/mol. The lowest BCUT2D eigenvalue weighted by atomic mass is 9.90. The van der Waals surface area contributed by atoms with E-state index in [9.17, 15) is 9.59 Å². The number of methoxy groups -OCH3 is 1. The number of rotatable bonds is 10. The van der Waals surface area contributed by atoms with E-state index in [0.717, 1.165) is 12.8 Å². The molecular weight excluding hydrogens is 362 g/mol. The molecule has 1 rings (SSSR count). The quantitative estimate of drug-likeness (QED) is 0.418. The van der Waals surface area contributed by atoms with E-state index in [1.54, 1.807) is 7.11 Å². The van der Waals surface area contributed by atoms with Crippen LogP contribution in [0.2, 0.25) is 0 Å². The van der Waals surface area contributed by atoms with Gasteiger partial charge in [-0.15, -0.1) is 0 Å². The van der Waals surface area contributed by atoms with E-state index in [1.165, 1.54) is 6.08 Å². The first-order valence-electron chi connectivity index (χ1n) is 9.72. The van der Waals surface area contributed by atoms with Crippen LogP contribution >= 0.6 is 0 Å². The number of hydrogen-bond acceptors (Lipinski definition) is 7. The number of nitrogens with one attached hydrogen (secondary N) is 1. The molecule has 0 unspecified atom stereocenters. The molecule has 8 heteroatoms. The maximum Gasteiger partial charge on any atom is 0.252 e. The van der Waals surface area contributed by atoms with Gasteiger partial charge in [-0.25, -0.2) is 0 Å². The van der Waals surface area contributed by atoms with Crippen LogP contribution in [0.1, 0.15) is 40.5 Å². The van der Waals surface area contributed by atoms with Crippen LogP contribution in [-0.2, 0) is 23.8 Å². The zero-order valence-corrected chi connectivity index (χ0v) is 18.2. The number of carbonyl (C=O) groups excluding carboxylic acids is 2. The van der Waals surface area contributed by atoms with E-state index in [4.69, 9.17) is 19.9 Å². The van der Waals surface area contributed by atoms with Gasteiger partial charge in [0.2, 0.25) is 5.91 Å². The first kappa shape index (κ1) is 24.6. The lowest BCUT2D eigenvalue weighted by Crippen LogP contribution is -2.58. The molecule has 0 spiro atoms. The van der Waals surface area contributed by atoms with Crippen LogP contribution in [-0.4, -0.2) is 75.5 Å². The highest BCUT2D eigenvalue weighted by Crippen LogP contribution is 2.24. The molecule has 1 saturated heterocycles. The molecule has 0 aromatic heterocycles. The Labute approximate surface area is 168 Å². The summed E-state index contributed by atoms with van der Waals surface area (Å²) in [6.07, 6.45) is 3.00. The van der Waals surface area contributed by atoms with Crippen LogP contribution in [0.4, 0.5) is 0 Å². The Bertz CT molecular complexity index is 554. The van der Waals surface area contributed by atoms with E-state index >= 15 is 0 Å². The Morgan fingerprint density at radius 1 is 1.21 bits per heavy atom. The molecule has 162 valence electrons. The van der Waals surface area contributed by atoms with Crippen molar-refractivity contribution in [3.8, 4) is 0 Å². The van der Waals surface area contributed by atoms with Gasteiger partial charge in [-0.05, 0) is 33.7 Å². The van der Waals surface area contributed by atoms with Gasteiger partial charge in [-0.2, -0.15) is 0 Å². The third-order valence-electron chi connectivity index (χ3n) is 5.38. The highest BCUT2D eigenvalue weighted by atomic mass is 16.5. The van der Waals surface area contributed by atoms with E-state index < -0.39 is 16.9 Å². The van der Waals surface area contributed by atoms with Crippen LogP contribution in [0.15, 0.2) is 11.8 Å². The summed E-state index contributed by atoms with van der Waals surface area (Å²) in [5, 5.41) is 2.45. The Morgan fingerprint density at radius 2 is 1.82 bits per heavy atom. The van der Waals surface area contributed by atoms with Gasteiger partial charge >= 0.3 is 0 Å². The summed E-state index contributed by atoms with van der Waals surface area (Å²) in [6, 6.07) is 0.244. The van der Waals surface area contributed by atoms with E-state index in [-0.39, 0.29) is 11.9 Å². The monoisotopic (exact) mass is 399 g/mol. The molecule has 0 aromatic carbocycles. The first-order valence-corrected chi connectivity index (χ1v) is 9.72. The van der Waals surface area contributed by atoms with Crippen LogP contribution in [0, 0.1) is 5.41 Å². The molecular formula is C20H37N3O5. The van der Waals surface area contributed by atoms with E-state index in [2.05, 4.69) is 5.32 Å². The van der Waals surface area contributed by atoms with Crippen molar-refractivity contribution in [2.24, 2.45) is 11.1 Å². The SMILES string of the molecule is COCCOCC(C)(C)C(N)=CC(=O)NC(=O)C(C)(C)N(C)C1CCOCC1. The summed E-state index contributed by atoms with van der Waals surface area (Å²) in [4.78, 5) is 27.1. The predicted octanol–water partition coefficient (Wildman–Crippen LogP) is 1.05. The summed E-state index contributed by atoms with van der Waals surface area (Å²) in [5.74, 6) is -0.884. The lowest BCUT2D eigenvalue weighted by Gasteiger charge is -2.41. The standard InChI is InChI=1S/C20H37N3O5/c1-19(2,14-28-12-11-26-6)16(21)13-17(24)22-18(25)20(3,4)23(5)15-7-9-27-10-8-15/h13,15H,7-12,14,21H2,1-6H3,(H,22,24,25). The third-order valence-corrected chi connectivity index (χ3v) is 5.38. The van der Waals surface area contributed by atoms with Gasteiger partial charge in [0.25, 0.3) is 5.91 Å². The summed E-state index contributed by atoms with van der Waals surface area (Å²) in [6.45, 7) is 10.0. The normalized spacial score (nSPS) is 17.0. The molecule has 0 saturated carbocycles. The van der Waals surface area contributed by atoms with Gasteiger partial charge in [-0.3, -0.25) is 19.8 Å². The third kappa shape index (κ3) is 7.16. The van der Waals surface area contributed by atoms with Gasteiger partial charge in [0.05, 0.1) is 25.4 Å². The van der Waals surface area contributed by atoms with Gasteiger partial charge in [-0.1, -0.05) is 13.8 Å². The molecule has 0 aliphatic carbocycles. The zero-order valence-electron chi connectivity index (χ0n) is 18.2. The largest absolute Gasteiger partial charge is 0.401 e. The fraction of sp³-hybridized carbons (Fsp3) is 0.800. The van der Waals surface area contributed by atoms with Crippen LogP contribution < -0.4 is 11.1 Å². The molecule has 0 radical (unpaired) electrons. The molecule has 2 amide bonds. The summed E-state index contributed by atoms with van der Waals surface area (Å²) < 4.78 is 15.8. The summed E-state index contributed by atoms with van der Waals surface area (Å²) in [7, 11) is 3.51. The molecule has 0 bridgehead atoms. The minimum Gasteiger partial charge on any atom is -0.401 e. The molecule has 8 nitrogen and oxygen atoms in total. The highest BCUT2D eigenvalue weighted by Gasteiger charge is 2.37. The fourth-order valence-corrected chi connectivity index (χ4v) is 2.88. The number of nitrogens with two attached hydrogens (primary N) is 1. The van der Waals surface area contributed by atoms with Gasteiger partial charge in [0, 0.05) is 43.6 Å². The smallest absolute Gasteiger partial charge is 0.252 e. The summed E-state index contributed by atoms with van der Waals surface area (Å²) >= 11 is 0. The molecule has 0 aromatic rings. The van der Waals surface area contributed by atoms with Crippen molar-refractivity contribution in [2.75, 3.05) is 47.2 Å². The number of amides is 2. The van der Waals surface area contributed by atoms with Crippen LogP contribution in [0.5, 0.6) is 0 Å². The fourth-order valence-electron chi connectivity index (χ4n) is 2.88. The minimum absolute atomic E-state index is 0.244. The zero-order chi connectivity index (χ0) is 21.4. The number of carbonyl (C=O) groups is 2. The second-order valence-electron chi connectivity index (χ2n) is 8.36. The van der Waals surface area contributed by atoms with Crippen molar-refractivity contribution >= 4 is 11.8 Å². The van der Waals surface area contributed by atoms with Crippen molar-refractivity contribution in [1.29, 1.82) is 0 Å². The second-order valence-corrected chi connectivity index (χ2v) is 8.36. The number of hydrogen-bond donors (Lipinski definition) is 2. The molecule has 1 aliphatic rings. The van der Waals surface area contributed by atoms with Crippen LogP contribution in [0.3, 0.4) is 0 Å². The lowest BCUT2D eigenvalue weighted by molar-refractivity contribution is -0.137. The van der Waals surface area contributed by atoms with E-state index in [0.29, 0.717) is 38.7 Å². The van der Waals surface area contributed by atoms with Crippen molar-refractivity contribution in [2.45, 2.75) is 52.1 Å². The molecule has 0 atom stereocenters. The Kier molecular flexibility index (Phi) is 9.56. The molecule has 1 fully saturated rings. The maximum absolute atomic E-state index is 12.7. The van der Waals surface area contributed by atoms with Crippen molar-refractivity contribution in [3.63, 3.8) is 0 Å². The Morgan fingerprint density at radius 3 is 2.39 bits per heavy atom. The number of ether oxygens (including phenoxy) is 3. The summed E-state index contributed by atoms with van der Waals surface area (Å²) in [5.41, 5.74) is 5.06. The predicted molar refractivity (Wildman–Crippen MR) is 108 cm³/mol. The number of imide groups is 1. The molecule has 3 N–H and O–H groups in total. The van der Waals surface area contributed by atoms with Gasteiger partial charge < -0.3 is 19.9 Å². The molecule has 1 aliphatic heterocycles. The van der Waals surface area contributed by atoms with Crippen molar-refractivity contribution < 1.29 is 23.8 Å². The minimum atomic E-state index is -0.834. The molecule has 28 heavy (non-hydrogen) atoms. The number of likely N-dealkylation sites (N-methyl/N-ethyl adjacent to an activating group) is 1. The van der Waals surface area contributed by atoms with Crippen molar-refractivity contribution in [3.05, 3.63) is 11.8 Å². The average Bonchev–Trinajstić information content (AvgIpc) is 2.65. The highest BCUT2D eigenvalue weighted by molar-refractivity contribution is 6.04. The maximum atomic E-state index is 12.7. The first-order chi connectivity index (χ1) is 13.0. The van der Waals surface area contributed by atoms with E-state index in [1.807, 2.05) is 39.6 Å². The van der Waals surface area contributed by atoms with Crippen LogP contribution in [0.25, 0.3) is 0 Å². The Hall–Kier alpha value is -1.48. The topological polar surface area (TPSA) is 103 Å². The van der Waals surface area contributed by atoms with Gasteiger partial charge in [0.15, 0.2) is 0 Å². The van der Waals surface area contributed by atoms with Gasteiger partial charge in [0.1, 0.15) is 0 Å². The van der Waals surface area contributed by atoms with Crippen molar-refractivity contribution in [1.82, 2.24) is 10.2 Å². The molecule has 1 heterocycles. The Balaban J connectivity index is 2.65. The number of nitrogens with zero attached hydrogens (tertiary/aromatic N) is 1. The second kappa shape index (κ2) is 10.9.